The Morgan fingerprint density at radius 2 is 1.54 bits per heavy atom. The van der Waals surface area contributed by atoms with Crippen molar-refractivity contribution in [1.82, 2.24) is 0 Å². The summed E-state index contributed by atoms with van der Waals surface area (Å²) in [6, 6.07) is 10.6. The van der Waals surface area contributed by atoms with Gasteiger partial charge in [-0.2, -0.15) is 0 Å². The Bertz CT molecular complexity index is 1140. The van der Waals surface area contributed by atoms with Crippen LogP contribution in [0.3, 0.4) is 0 Å². The minimum absolute atomic E-state index is 0.251. The monoisotopic (exact) mass is 506 g/mol. The van der Waals surface area contributed by atoms with E-state index in [1.54, 1.807) is 24.3 Å². The van der Waals surface area contributed by atoms with E-state index in [2.05, 4.69) is 26.0 Å². The fraction of sp³-hybridized carbons (Fsp3) is 0.471. The van der Waals surface area contributed by atoms with Gasteiger partial charge in [0.1, 0.15) is 6.17 Å². The summed E-state index contributed by atoms with van der Waals surface area (Å²) in [5, 5.41) is 0. The second kappa shape index (κ2) is 13.3. The van der Waals surface area contributed by atoms with Crippen LogP contribution in [0, 0.1) is 17.6 Å². The van der Waals surface area contributed by atoms with Crippen LogP contribution in [-0.4, -0.2) is 6.17 Å². The molecule has 2 unspecified atom stereocenters. The van der Waals surface area contributed by atoms with Crippen LogP contribution in [0.4, 0.5) is 13.2 Å². The van der Waals surface area contributed by atoms with Gasteiger partial charge in [-0.25, -0.2) is 13.2 Å². The van der Waals surface area contributed by atoms with Gasteiger partial charge in [-0.3, -0.25) is 0 Å². The molecule has 0 fully saturated rings. The maximum atomic E-state index is 15.2. The number of halogens is 3. The molecule has 2 atom stereocenters. The van der Waals surface area contributed by atoms with Crippen LogP contribution >= 0.6 is 0 Å². The Hall–Kier alpha value is -2.55. The van der Waals surface area contributed by atoms with Crippen LogP contribution in [0.15, 0.2) is 65.8 Å². The molecule has 2 aromatic rings. The van der Waals surface area contributed by atoms with Crippen molar-refractivity contribution in [2.24, 2.45) is 5.92 Å². The Morgan fingerprint density at radius 3 is 2.22 bits per heavy atom. The van der Waals surface area contributed by atoms with E-state index in [0.29, 0.717) is 29.5 Å². The molecule has 4 rings (SSSR count). The van der Waals surface area contributed by atoms with Gasteiger partial charge in [0, 0.05) is 12.0 Å². The average molecular weight is 507 g/mol. The van der Waals surface area contributed by atoms with E-state index < -0.39 is 17.8 Å². The molecule has 0 saturated carbocycles. The quantitative estimate of drug-likeness (QED) is 0.266. The highest BCUT2D eigenvalue weighted by atomic mass is 19.2. The molecule has 0 saturated heterocycles. The normalized spacial score (nSPS) is 19.9. The SMILES string of the molecule is CCCCCCCc1ccc(-c2ccc(C3=CC=C(C4=CCC(CCC)CC4)CC3F)cc2)c(F)c1F. The molecular formula is C34H41F3. The number of unbranched alkanes of at least 4 members (excludes halogenated alkanes) is 4. The van der Waals surface area contributed by atoms with Crippen LogP contribution < -0.4 is 0 Å². The fourth-order valence-corrected chi connectivity index (χ4v) is 5.80. The molecule has 0 nitrogen and oxygen atoms in total. The maximum Gasteiger partial charge on any atom is 0.166 e. The number of benzene rings is 2. The Balaban J connectivity index is 1.44. The molecule has 2 aliphatic rings. The van der Waals surface area contributed by atoms with Gasteiger partial charge < -0.3 is 0 Å². The summed E-state index contributed by atoms with van der Waals surface area (Å²) >= 11 is 0. The van der Waals surface area contributed by atoms with Crippen molar-refractivity contribution in [3.05, 3.63) is 88.5 Å². The summed E-state index contributed by atoms with van der Waals surface area (Å²) in [5.74, 6) is -0.770. The Morgan fingerprint density at radius 1 is 0.784 bits per heavy atom. The van der Waals surface area contributed by atoms with Gasteiger partial charge in [0.15, 0.2) is 11.6 Å². The van der Waals surface area contributed by atoms with Crippen molar-refractivity contribution < 1.29 is 13.2 Å². The lowest BCUT2D eigenvalue weighted by Crippen LogP contribution is -2.13. The van der Waals surface area contributed by atoms with Crippen LogP contribution in [-0.2, 0) is 6.42 Å². The van der Waals surface area contributed by atoms with Gasteiger partial charge in [0.05, 0.1) is 0 Å². The molecule has 198 valence electrons. The highest BCUT2D eigenvalue weighted by Gasteiger charge is 2.24. The molecule has 0 bridgehead atoms. The molecule has 0 heterocycles. The van der Waals surface area contributed by atoms with Crippen LogP contribution in [0.2, 0.25) is 0 Å². The lowest BCUT2D eigenvalue weighted by atomic mass is 9.80. The van der Waals surface area contributed by atoms with E-state index in [0.717, 1.165) is 55.6 Å². The smallest absolute Gasteiger partial charge is 0.166 e. The van der Waals surface area contributed by atoms with E-state index in [9.17, 15) is 8.78 Å². The third-order valence-electron chi connectivity index (χ3n) is 8.07. The van der Waals surface area contributed by atoms with E-state index in [1.165, 1.54) is 31.3 Å². The first-order valence-corrected chi connectivity index (χ1v) is 14.3. The molecule has 0 aliphatic heterocycles. The van der Waals surface area contributed by atoms with E-state index in [4.69, 9.17) is 0 Å². The molecule has 0 N–H and O–H groups in total. The maximum absolute atomic E-state index is 15.2. The molecule has 0 amide bonds. The van der Waals surface area contributed by atoms with Crippen molar-refractivity contribution in [2.75, 3.05) is 0 Å². The zero-order chi connectivity index (χ0) is 26.2. The predicted octanol–water partition coefficient (Wildman–Crippen LogP) is 10.7. The molecule has 0 aromatic heterocycles. The zero-order valence-electron chi connectivity index (χ0n) is 22.5. The van der Waals surface area contributed by atoms with Gasteiger partial charge in [0.25, 0.3) is 0 Å². The number of hydrogen-bond donors (Lipinski definition) is 0. The van der Waals surface area contributed by atoms with E-state index >= 15 is 4.39 Å². The van der Waals surface area contributed by atoms with Crippen LogP contribution in [0.5, 0.6) is 0 Å². The Kier molecular flexibility index (Phi) is 9.88. The molecular weight excluding hydrogens is 465 g/mol. The second-order valence-corrected chi connectivity index (χ2v) is 10.8. The van der Waals surface area contributed by atoms with Crippen molar-refractivity contribution >= 4 is 5.57 Å². The topological polar surface area (TPSA) is 0 Å². The first-order valence-electron chi connectivity index (χ1n) is 14.3. The lowest BCUT2D eigenvalue weighted by Gasteiger charge is -2.26. The lowest BCUT2D eigenvalue weighted by molar-refractivity contribution is 0.402. The summed E-state index contributed by atoms with van der Waals surface area (Å²) in [4.78, 5) is 0. The zero-order valence-corrected chi connectivity index (χ0v) is 22.5. The minimum Gasteiger partial charge on any atom is -0.242 e. The minimum atomic E-state index is -1.06. The third-order valence-corrected chi connectivity index (χ3v) is 8.07. The van der Waals surface area contributed by atoms with Crippen molar-refractivity contribution in [3.63, 3.8) is 0 Å². The van der Waals surface area contributed by atoms with E-state index in [-0.39, 0.29) is 5.56 Å². The molecule has 37 heavy (non-hydrogen) atoms. The van der Waals surface area contributed by atoms with Crippen LogP contribution in [0.1, 0.15) is 95.6 Å². The number of allylic oxidation sites excluding steroid dienone is 6. The summed E-state index contributed by atoms with van der Waals surface area (Å²) < 4.78 is 44.9. The van der Waals surface area contributed by atoms with Gasteiger partial charge in [0.2, 0.25) is 0 Å². The second-order valence-electron chi connectivity index (χ2n) is 10.8. The highest BCUT2D eigenvalue weighted by molar-refractivity contribution is 5.75. The summed E-state index contributed by atoms with van der Waals surface area (Å²) in [6.07, 6.45) is 17.4. The van der Waals surface area contributed by atoms with E-state index in [1.807, 2.05) is 18.2 Å². The summed E-state index contributed by atoms with van der Waals surface area (Å²) in [6.45, 7) is 4.39. The molecule has 3 heteroatoms. The molecule has 0 spiro atoms. The Labute approximate surface area is 221 Å². The first kappa shape index (κ1) is 27.5. The predicted molar refractivity (Wildman–Crippen MR) is 150 cm³/mol. The molecule has 0 radical (unpaired) electrons. The van der Waals surface area contributed by atoms with Gasteiger partial charge in [-0.15, -0.1) is 0 Å². The number of aryl methyl sites for hydroxylation is 1. The number of alkyl halides is 1. The molecule has 2 aromatic carbocycles. The average Bonchev–Trinajstić information content (AvgIpc) is 2.92. The number of rotatable bonds is 11. The first-order chi connectivity index (χ1) is 18.0. The molecule has 2 aliphatic carbocycles. The van der Waals surface area contributed by atoms with Gasteiger partial charge in [-0.05, 0) is 71.4 Å². The van der Waals surface area contributed by atoms with Crippen molar-refractivity contribution in [3.8, 4) is 11.1 Å². The third kappa shape index (κ3) is 6.86. The van der Waals surface area contributed by atoms with Crippen LogP contribution in [0.25, 0.3) is 16.7 Å². The van der Waals surface area contributed by atoms with Crippen molar-refractivity contribution in [1.29, 1.82) is 0 Å². The number of hydrogen-bond acceptors (Lipinski definition) is 0. The largest absolute Gasteiger partial charge is 0.242 e. The summed E-state index contributed by atoms with van der Waals surface area (Å²) in [7, 11) is 0. The fourth-order valence-electron chi connectivity index (χ4n) is 5.80. The van der Waals surface area contributed by atoms with Gasteiger partial charge in [-0.1, -0.05) is 107 Å². The van der Waals surface area contributed by atoms with Gasteiger partial charge >= 0.3 is 0 Å². The summed E-state index contributed by atoms with van der Waals surface area (Å²) in [5.41, 5.74) is 5.16. The van der Waals surface area contributed by atoms with Crippen molar-refractivity contribution in [2.45, 2.75) is 97.1 Å². The standard InChI is InChI=1S/C34H41F3/c1-3-5-6-7-8-10-28-19-22-31(34(37)33(28)36)27-17-15-26(16-18-27)30-21-20-29(23-32(30)35)25-13-11-24(9-4-2)12-14-25/h13,15-22,24,32H,3-12,14,23H2,1-2H3. The highest BCUT2D eigenvalue weighted by Crippen LogP contribution is 2.38.